The number of benzene rings is 1. The van der Waals surface area contributed by atoms with Gasteiger partial charge in [0.15, 0.2) is 5.69 Å². The molecule has 6 rings (SSSR count). The number of amides is 1. The molecule has 40 heavy (non-hydrogen) atoms. The van der Waals surface area contributed by atoms with E-state index in [1.54, 1.807) is 4.90 Å². The first kappa shape index (κ1) is 27.4. The first-order valence-corrected chi connectivity index (χ1v) is 14.4. The fourth-order valence-corrected chi connectivity index (χ4v) is 7.93. The van der Waals surface area contributed by atoms with Crippen molar-refractivity contribution in [1.29, 1.82) is 0 Å². The number of aliphatic carboxylic acids is 1. The van der Waals surface area contributed by atoms with Gasteiger partial charge in [0.05, 0.1) is 5.56 Å². The topological polar surface area (TPSA) is 105 Å². The molecular weight excluding hydrogens is 593 g/mol. The van der Waals surface area contributed by atoms with Gasteiger partial charge in [-0.3, -0.25) is 4.79 Å². The molecule has 1 spiro atoms. The number of carboxylic acid groups (broad SMARTS) is 1. The molecule has 2 aliphatic heterocycles. The number of carbonyl (C=O) groups excluding carboxylic acids is 1. The van der Waals surface area contributed by atoms with Crippen molar-refractivity contribution in [1.82, 2.24) is 15.3 Å². The monoisotopic (exact) mass is 622 g/mol. The van der Waals surface area contributed by atoms with E-state index in [0.717, 1.165) is 22.7 Å². The van der Waals surface area contributed by atoms with Gasteiger partial charge in [-0.1, -0.05) is 22.9 Å². The van der Waals surface area contributed by atoms with Crippen molar-refractivity contribution in [2.24, 2.45) is 17.8 Å². The van der Waals surface area contributed by atoms with E-state index in [1.807, 2.05) is 25.1 Å². The zero-order valence-corrected chi connectivity index (χ0v) is 23.5. The molecule has 12 heteroatoms. The number of rotatable bonds is 4. The minimum Gasteiger partial charge on any atom is -0.479 e. The van der Waals surface area contributed by atoms with Crippen LogP contribution in [0.15, 0.2) is 28.9 Å². The number of nitrogens with zero attached hydrogens (tertiary/aromatic N) is 3. The van der Waals surface area contributed by atoms with Gasteiger partial charge < -0.3 is 20.1 Å². The highest BCUT2D eigenvalue weighted by atomic mass is 79.9. The first-order chi connectivity index (χ1) is 18.9. The van der Waals surface area contributed by atoms with Crippen LogP contribution in [0.25, 0.3) is 0 Å². The standard InChI is InChI=1S/C28H30BrF3N4O4/c1-15-8-16-10-17(9-15)27(12-16,24(38)39)35-23(37)19-13-33-25(34-22(19)28(30,31)32)36-14-26(4-6-40-7-5-26)20-11-18(29)2-3-21(20)36/h2-3,11,13,15-17H,4-10,12,14H2,1H3,(H,35,37)(H,38,39). The molecule has 2 N–H and O–H groups in total. The smallest absolute Gasteiger partial charge is 0.434 e. The fourth-order valence-electron chi connectivity index (χ4n) is 7.57. The van der Waals surface area contributed by atoms with Crippen molar-refractivity contribution >= 4 is 39.4 Å². The van der Waals surface area contributed by atoms with E-state index in [-0.39, 0.29) is 29.6 Å². The fraction of sp³-hybridized carbons (Fsp3) is 0.571. The van der Waals surface area contributed by atoms with Crippen LogP contribution in [-0.4, -0.2) is 52.2 Å². The predicted octanol–water partition coefficient (Wildman–Crippen LogP) is 5.47. The highest BCUT2D eigenvalue weighted by molar-refractivity contribution is 9.10. The van der Waals surface area contributed by atoms with Crippen LogP contribution in [0, 0.1) is 17.8 Å². The molecule has 214 valence electrons. The van der Waals surface area contributed by atoms with E-state index in [4.69, 9.17) is 4.74 Å². The van der Waals surface area contributed by atoms with Crippen molar-refractivity contribution < 1.29 is 32.6 Å². The average molecular weight is 623 g/mol. The van der Waals surface area contributed by atoms with Crippen LogP contribution >= 0.6 is 15.9 Å². The Balaban J connectivity index is 1.36. The number of nitrogens with one attached hydrogen (secondary N) is 1. The van der Waals surface area contributed by atoms with Crippen molar-refractivity contribution in [3.05, 3.63) is 45.7 Å². The maximum absolute atomic E-state index is 14.4. The minimum absolute atomic E-state index is 0.110. The van der Waals surface area contributed by atoms with Gasteiger partial charge in [0.25, 0.3) is 5.91 Å². The maximum atomic E-state index is 14.4. The summed E-state index contributed by atoms with van der Waals surface area (Å²) in [6.45, 7) is 3.50. The molecule has 0 radical (unpaired) electrons. The van der Waals surface area contributed by atoms with Crippen molar-refractivity contribution in [2.45, 2.75) is 62.6 Å². The van der Waals surface area contributed by atoms with Crippen LogP contribution in [0.2, 0.25) is 0 Å². The van der Waals surface area contributed by atoms with Gasteiger partial charge in [0.1, 0.15) is 5.54 Å². The van der Waals surface area contributed by atoms with Gasteiger partial charge in [-0.25, -0.2) is 14.8 Å². The van der Waals surface area contributed by atoms with E-state index in [9.17, 15) is 27.9 Å². The van der Waals surface area contributed by atoms with Gasteiger partial charge >= 0.3 is 12.1 Å². The Bertz CT molecular complexity index is 1370. The van der Waals surface area contributed by atoms with Crippen LogP contribution in [0.4, 0.5) is 24.8 Å². The molecule has 2 saturated carbocycles. The summed E-state index contributed by atoms with van der Waals surface area (Å²) >= 11 is 3.51. The zero-order valence-electron chi connectivity index (χ0n) is 21.9. The molecule has 8 nitrogen and oxygen atoms in total. The molecule has 1 aromatic heterocycles. The molecule has 2 bridgehead atoms. The lowest BCUT2D eigenvalue weighted by molar-refractivity contribution is -0.146. The summed E-state index contributed by atoms with van der Waals surface area (Å²) in [6.07, 6.45) is -0.385. The summed E-state index contributed by atoms with van der Waals surface area (Å²) in [7, 11) is 0. The largest absolute Gasteiger partial charge is 0.479 e. The molecule has 1 aromatic carbocycles. The minimum atomic E-state index is -4.96. The highest BCUT2D eigenvalue weighted by Gasteiger charge is 2.56. The molecule has 2 aromatic rings. The number of anilines is 2. The van der Waals surface area contributed by atoms with E-state index in [1.165, 1.54) is 0 Å². The Hall–Kier alpha value is -2.73. The number of aromatic nitrogens is 2. The van der Waals surface area contributed by atoms with Crippen LogP contribution in [0.1, 0.15) is 67.1 Å². The van der Waals surface area contributed by atoms with E-state index in [2.05, 4.69) is 31.2 Å². The molecule has 3 fully saturated rings. The summed E-state index contributed by atoms with van der Waals surface area (Å²) in [5.74, 6) is -2.43. The van der Waals surface area contributed by atoms with Gasteiger partial charge in [0.2, 0.25) is 5.95 Å². The second-order valence-electron chi connectivity index (χ2n) is 11.9. The van der Waals surface area contributed by atoms with E-state index in [0.29, 0.717) is 57.0 Å². The van der Waals surface area contributed by atoms with Gasteiger partial charge in [-0.2, -0.15) is 13.2 Å². The number of halogens is 4. The Kier molecular flexibility index (Phi) is 6.64. The van der Waals surface area contributed by atoms with Gasteiger partial charge in [0, 0.05) is 41.5 Å². The Morgan fingerprint density at radius 3 is 2.65 bits per heavy atom. The molecule has 2 aliphatic carbocycles. The lowest BCUT2D eigenvalue weighted by Gasteiger charge is -2.34. The van der Waals surface area contributed by atoms with Crippen LogP contribution in [0.5, 0.6) is 0 Å². The Morgan fingerprint density at radius 2 is 1.95 bits per heavy atom. The second kappa shape index (κ2) is 9.68. The summed E-state index contributed by atoms with van der Waals surface area (Å²) in [5, 5.41) is 12.7. The van der Waals surface area contributed by atoms with Crippen LogP contribution < -0.4 is 10.2 Å². The molecule has 4 atom stereocenters. The lowest BCUT2D eigenvalue weighted by Crippen LogP contribution is -2.57. The van der Waals surface area contributed by atoms with Gasteiger partial charge in [-0.15, -0.1) is 0 Å². The van der Waals surface area contributed by atoms with E-state index < -0.39 is 34.8 Å². The zero-order chi connectivity index (χ0) is 28.4. The summed E-state index contributed by atoms with van der Waals surface area (Å²) < 4.78 is 49.6. The number of ether oxygens (including phenoxy) is 1. The SMILES string of the molecule is CC1CC2CC(C1)C(NC(=O)c1cnc(N3CC4(CCOCC4)c4cc(Br)ccc43)nc1C(F)(F)F)(C(=O)O)C2. The third kappa shape index (κ3) is 4.47. The molecule has 4 unspecified atom stereocenters. The highest BCUT2D eigenvalue weighted by Crippen LogP contribution is 2.52. The third-order valence-electron chi connectivity index (χ3n) is 9.33. The van der Waals surface area contributed by atoms with Crippen molar-refractivity contribution in [2.75, 3.05) is 24.7 Å². The number of hydrogen-bond acceptors (Lipinski definition) is 6. The maximum Gasteiger partial charge on any atom is 0.434 e. The summed E-state index contributed by atoms with van der Waals surface area (Å²) in [6, 6.07) is 5.63. The lowest BCUT2D eigenvalue weighted by atomic mass is 9.76. The van der Waals surface area contributed by atoms with Crippen molar-refractivity contribution in [3.8, 4) is 0 Å². The number of carbonyl (C=O) groups is 2. The number of carboxylic acids is 1. The third-order valence-corrected chi connectivity index (χ3v) is 9.82. The van der Waals surface area contributed by atoms with Crippen LogP contribution in [0.3, 0.4) is 0 Å². The second-order valence-corrected chi connectivity index (χ2v) is 12.8. The molecule has 3 heterocycles. The average Bonchev–Trinajstić information content (AvgIpc) is 3.34. The Morgan fingerprint density at radius 1 is 1.20 bits per heavy atom. The molecule has 4 aliphatic rings. The van der Waals surface area contributed by atoms with Gasteiger partial charge in [-0.05, 0) is 80.0 Å². The quantitative estimate of drug-likeness (QED) is 0.466. The first-order valence-electron chi connectivity index (χ1n) is 13.6. The van der Waals surface area contributed by atoms with Crippen molar-refractivity contribution in [3.63, 3.8) is 0 Å². The molecule has 1 amide bonds. The predicted molar refractivity (Wildman–Crippen MR) is 142 cm³/mol. The summed E-state index contributed by atoms with van der Waals surface area (Å²) in [5.41, 5.74) is -2.37. The van der Waals surface area contributed by atoms with E-state index >= 15 is 0 Å². The number of hydrogen-bond donors (Lipinski definition) is 2. The molecular formula is C28H30BrF3N4O4. The Labute approximate surface area is 237 Å². The number of fused-ring (bicyclic) bond motifs is 4. The van der Waals surface area contributed by atoms with Crippen LogP contribution in [-0.2, 0) is 21.1 Å². The summed E-state index contributed by atoms with van der Waals surface area (Å²) in [4.78, 5) is 35.6. The molecule has 1 saturated heterocycles. The normalized spacial score (nSPS) is 28.9. The number of alkyl halides is 3.